The molecule has 0 saturated heterocycles. The van der Waals surface area contributed by atoms with Crippen molar-refractivity contribution < 1.29 is 0 Å². The number of hydrogen-bond acceptors (Lipinski definition) is 1. The monoisotopic (exact) mass is 267 g/mol. The van der Waals surface area contributed by atoms with Crippen LogP contribution in [-0.2, 0) is 0 Å². The third-order valence-electron chi connectivity index (χ3n) is 3.46. The number of nitrogen functional groups attached to an aromatic ring is 1. The minimum absolute atomic E-state index is 0.777. The molecule has 0 aromatic heterocycles. The van der Waals surface area contributed by atoms with Crippen molar-refractivity contribution in [2.24, 2.45) is 0 Å². The van der Waals surface area contributed by atoms with Gasteiger partial charge in [0, 0.05) is 16.1 Å². The number of benzene rings is 3. The molecule has 2 N–H and O–H groups in total. The molecule has 3 aromatic rings. The van der Waals surface area contributed by atoms with Gasteiger partial charge in [-0.1, -0.05) is 54.1 Å². The van der Waals surface area contributed by atoms with Crippen LogP contribution in [0.2, 0.25) is 5.02 Å². The highest BCUT2D eigenvalue weighted by molar-refractivity contribution is 6.36. The van der Waals surface area contributed by atoms with Crippen LogP contribution in [0.3, 0.4) is 0 Å². The fourth-order valence-corrected chi connectivity index (χ4v) is 2.55. The minimum Gasteiger partial charge on any atom is -0.398 e. The zero-order chi connectivity index (χ0) is 13.4. The Balaban J connectivity index is 2.31. The third kappa shape index (κ3) is 2.06. The number of nitrogens with two attached hydrogens (primary N) is 1. The first-order valence-corrected chi connectivity index (χ1v) is 6.58. The average Bonchev–Trinajstić information content (AvgIpc) is 2.43. The maximum Gasteiger partial charge on any atom is 0.0484 e. The predicted molar refractivity (Wildman–Crippen MR) is 83.5 cm³/mol. The van der Waals surface area contributed by atoms with E-state index < -0.39 is 0 Å². The summed E-state index contributed by atoms with van der Waals surface area (Å²) in [4.78, 5) is 0. The third-order valence-corrected chi connectivity index (χ3v) is 3.79. The van der Waals surface area contributed by atoms with Gasteiger partial charge in [0.15, 0.2) is 0 Å². The zero-order valence-electron chi connectivity index (χ0n) is 10.7. The maximum atomic E-state index is 6.25. The van der Waals surface area contributed by atoms with E-state index in [4.69, 9.17) is 17.3 Å². The van der Waals surface area contributed by atoms with Crippen LogP contribution in [-0.4, -0.2) is 0 Å². The smallest absolute Gasteiger partial charge is 0.0484 e. The fraction of sp³-hybridized carbons (Fsp3) is 0.0588. The Labute approximate surface area is 117 Å². The van der Waals surface area contributed by atoms with Gasteiger partial charge in [-0.05, 0) is 41.1 Å². The van der Waals surface area contributed by atoms with E-state index in [1.54, 1.807) is 0 Å². The number of fused-ring (bicyclic) bond motifs is 1. The summed E-state index contributed by atoms with van der Waals surface area (Å²) in [5.41, 5.74) is 10.2. The molecule has 0 aliphatic heterocycles. The molecule has 3 rings (SSSR count). The van der Waals surface area contributed by atoms with Crippen molar-refractivity contribution in [1.29, 1.82) is 0 Å². The van der Waals surface area contributed by atoms with Gasteiger partial charge in [-0.2, -0.15) is 0 Å². The van der Waals surface area contributed by atoms with Crippen LogP contribution in [0, 0.1) is 6.92 Å². The van der Waals surface area contributed by atoms with Crippen molar-refractivity contribution >= 4 is 28.1 Å². The number of rotatable bonds is 1. The fourth-order valence-electron chi connectivity index (χ4n) is 2.32. The van der Waals surface area contributed by atoms with Gasteiger partial charge in [0.05, 0.1) is 0 Å². The number of hydrogen-bond donors (Lipinski definition) is 1. The molecule has 3 aromatic carbocycles. The molecular weight excluding hydrogens is 254 g/mol. The summed E-state index contributed by atoms with van der Waals surface area (Å²) in [5.74, 6) is 0. The number of halogens is 1. The quantitative estimate of drug-likeness (QED) is 0.614. The Morgan fingerprint density at radius 3 is 2.37 bits per heavy atom. The van der Waals surface area contributed by atoms with Crippen LogP contribution in [0.15, 0.2) is 54.6 Å². The van der Waals surface area contributed by atoms with E-state index in [1.807, 2.05) is 43.3 Å². The topological polar surface area (TPSA) is 26.0 Å². The van der Waals surface area contributed by atoms with Crippen LogP contribution in [0.4, 0.5) is 5.69 Å². The van der Waals surface area contributed by atoms with E-state index >= 15 is 0 Å². The largest absolute Gasteiger partial charge is 0.398 e. The van der Waals surface area contributed by atoms with E-state index in [2.05, 4.69) is 18.2 Å². The highest BCUT2D eigenvalue weighted by Gasteiger charge is 2.07. The lowest BCUT2D eigenvalue weighted by atomic mass is 9.97. The highest BCUT2D eigenvalue weighted by Crippen LogP contribution is 2.34. The molecular formula is C17H14ClN. The first-order chi connectivity index (χ1) is 9.16. The highest BCUT2D eigenvalue weighted by atomic mass is 35.5. The van der Waals surface area contributed by atoms with Crippen molar-refractivity contribution in [3.63, 3.8) is 0 Å². The number of anilines is 1. The van der Waals surface area contributed by atoms with Crippen LogP contribution < -0.4 is 5.73 Å². The van der Waals surface area contributed by atoms with Crippen molar-refractivity contribution in [3.8, 4) is 11.1 Å². The van der Waals surface area contributed by atoms with Crippen LogP contribution in [0.1, 0.15) is 5.56 Å². The Kier molecular flexibility index (Phi) is 2.92. The first kappa shape index (κ1) is 12.1. The van der Waals surface area contributed by atoms with Gasteiger partial charge >= 0.3 is 0 Å². The van der Waals surface area contributed by atoms with Crippen molar-refractivity contribution in [1.82, 2.24) is 0 Å². The van der Waals surface area contributed by atoms with E-state index in [0.29, 0.717) is 0 Å². The molecule has 0 aliphatic rings. The van der Waals surface area contributed by atoms with Gasteiger partial charge < -0.3 is 5.73 Å². The molecule has 0 fully saturated rings. The Morgan fingerprint density at radius 2 is 1.63 bits per heavy atom. The summed E-state index contributed by atoms with van der Waals surface area (Å²) >= 11 is 6.25. The first-order valence-electron chi connectivity index (χ1n) is 6.20. The second kappa shape index (κ2) is 4.60. The molecule has 0 heterocycles. The zero-order valence-corrected chi connectivity index (χ0v) is 11.4. The number of aryl methyl sites for hydroxylation is 1. The Morgan fingerprint density at radius 1 is 0.895 bits per heavy atom. The maximum absolute atomic E-state index is 6.25. The lowest BCUT2D eigenvalue weighted by Crippen LogP contribution is -1.90. The van der Waals surface area contributed by atoms with Gasteiger partial charge in [-0.25, -0.2) is 0 Å². The molecule has 0 bridgehead atoms. The van der Waals surface area contributed by atoms with Crippen LogP contribution >= 0.6 is 11.6 Å². The van der Waals surface area contributed by atoms with E-state index in [-0.39, 0.29) is 0 Å². The Hall–Kier alpha value is -1.99. The summed E-state index contributed by atoms with van der Waals surface area (Å²) < 4.78 is 0. The lowest BCUT2D eigenvalue weighted by molar-refractivity contribution is 1.47. The average molecular weight is 268 g/mol. The normalized spacial score (nSPS) is 10.8. The molecule has 19 heavy (non-hydrogen) atoms. The summed E-state index contributed by atoms with van der Waals surface area (Å²) in [6.07, 6.45) is 0. The van der Waals surface area contributed by atoms with Crippen molar-refractivity contribution in [2.75, 3.05) is 5.73 Å². The molecule has 0 saturated carbocycles. The van der Waals surface area contributed by atoms with Gasteiger partial charge in [-0.3, -0.25) is 0 Å². The molecule has 1 nitrogen and oxygen atoms in total. The molecule has 94 valence electrons. The van der Waals surface area contributed by atoms with Gasteiger partial charge in [0.1, 0.15) is 0 Å². The summed E-state index contributed by atoms with van der Waals surface area (Å²) in [6.45, 7) is 2.01. The van der Waals surface area contributed by atoms with Gasteiger partial charge in [0.25, 0.3) is 0 Å². The molecule has 0 aliphatic carbocycles. The summed E-state index contributed by atoms with van der Waals surface area (Å²) in [5, 5.41) is 3.00. The predicted octanol–water partition coefficient (Wildman–Crippen LogP) is 5.05. The van der Waals surface area contributed by atoms with Crippen LogP contribution in [0.5, 0.6) is 0 Å². The molecule has 0 radical (unpaired) electrons. The molecule has 2 heteroatoms. The molecule has 0 amide bonds. The lowest BCUT2D eigenvalue weighted by Gasteiger charge is -2.10. The summed E-state index contributed by atoms with van der Waals surface area (Å²) in [6, 6.07) is 18.3. The van der Waals surface area contributed by atoms with Gasteiger partial charge in [0.2, 0.25) is 0 Å². The Bertz CT molecular complexity index is 762. The van der Waals surface area contributed by atoms with Crippen LogP contribution in [0.25, 0.3) is 21.9 Å². The van der Waals surface area contributed by atoms with Gasteiger partial charge in [-0.15, -0.1) is 0 Å². The van der Waals surface area contributed by atoms with E-state index in [1.165, 1.54) is 0 Å². The SMILES string of the molecule is Cc1ccc(-c2ccc(Cl)c3ccccc23)cc1N. The second-order valence-corrected chi connectivity index (χ2v) is 5.12. The summed E-state index contributed by atoms with van der Waals surface area (Å²) in [7, 11) is 0. The second-order valence-electron chi connectivity index (χ2n) is 4.71. The van der Waals surface area contributed by atoms with E-state index in [9.17, 15) is 0 Å². The van der Waals surface area contributed by atoms with Crippen molar-refractivity contribution in [3.05, 3.63) is 65.2 Å². The molecule has 0 unspecified atom stereocenters. The minimum atomic E-state index is 0.777. The van der Waals surface area contributed by atoms with Crippen molar-refractivity contribution in [2.45, 2.75) is 6.92 Å². The standard InChI is InChI=1S/C17H14ClN/c1-11-6-7-12(10-17(11)19)13-8-9-16(18)15-5-3-2-4-14(13)15/h2-10H,19H2,1H3. The van der Waals surface area contributed by atoms with E-state index in [0.717, 1.165) is 38.2 Å². The molecule has 0 spiro atoms. The molecule has 0 atom stereocenters.